The monoisotopic (exact) mass is 490 g/mol. The molecular formula is C28H35FN6O. The molecule has 2 aromatic carbocycles. The van der Waals surface area contributed by atoms with Crippen LogP contribution in [0.15, 0.2) is 48.5 Å². The number of nitrogen functional groups attached to an aromatic ring is 1. The lowest BCUT2D eigenvalue weighted by Crippen LogP contribution is -2.49. The second-order valence-corrected chi connectivity index (χ2v) is 10.1. The third kappa shape index (κ3) is 5.09. The fourth-order valence-electron chi connectivity index (χ4n) is 5.40. The van der Waals surface area contributed by atoms with E-state index in [2.05, 4.69) is 16.7 Å². The second-order valence-electron chi connectivity index (χ2n) is 10.1. The van der Waals surface area contributed by atoms with Crippen LogP contribution in [0.4, 0.5) is 21.6 Å². The van der Waals surface area contributed by atoms with Crippen LogP contribution >= 0.6 is 0 Å². The lowest BCUT2D eigenvalue weighted by atomic mass is 9.88. The minimum atomic E-state index is -0.213. The molecule has 36 heavy (non-hydrogen) atoms. The number of hydrogen-bond acceptors (Lipinski definition) is 5. The zero-order valence-electron chi connectivity index (χ0n) is 21.2. The highest BCUT2D eigenvalue weighted by Crippen LogP contribution is 2.33. The molecule has 0 saturated carbocycles. The molecule has 0 bridgehead atoms. The molecule has 1 aliphatic heterocycles. The van der Waals surface area contributed by atoms with E-state index in [0.29, 0.717) is 23.7 Å². The Kier molecular flexibility index (Phi) is 6.96. The van der Waals surface area contributed by atoms with Crippen molar-refractivity contribution in [3.8, 4) is 0 Å². The van der Waals surface area contributed by atoms with E-state index in [4.69, 9.17) is 10.8 Å². The first-order chi connectivity index (χ1) is 17.4. The fourth-order valence-corrected chi connectivity index (χ4v) is 5.40. The van der Waals surface area contributed by atoms with Gasteiger partial charge in [-0.3, -0.25) is 19.3 Å². The summed E-state index contributed by atoms with van der Waals surface area (Å²) >= 11 is 0. The first-order valence-corrected chi connectivity index (χ1v) is 12.8. The highest BCUT2D eigenvalue weighted by Gasteiger charge is 2.30. The third-order valence-electron chi connectivity index (χ3n) is 7.48. The van der Waals surface area contributed by atoms with Crippen molar-refractivity contribution in [2.45, 2.75) is 26.2 Å². The van der Waals surface area contributed by atoms with Crippen molar-refractivity contribution in [3.63, 3.8) is 0 Å². The maximum absolute atomic E-state index is 13.8. The number of nitrogens with zero attached hydrogens (tertiary/aromatic N) is 5. The van der Waals surface area contributed by atoms with E-state index in [-0.39, 0.29) is 11.7 Å². The number of rotatable bonds is 6. The molecule has 0 radical (unpaired) electrons. The van der Waals surface area contributed by atoms with Gasteiger partial charge in [0, 0.05) is 68.8 Å². The summed E-state index contributed by atoms with van der Waals surface area (Å²) in [4.78, 5) is 20.4. The van der Waals surface area contributed by atoms with E-state index < -0.39 is 0 Å². The summed E-state index contributed by atoms with van der Waals surface area (Å²) in [6, 6.07) is 13.9. The Morgan fingerprint density at radius 3 is 2.47 bits per heavy atom. The van der Waals surface area contributed by atoms with Gasteiger partial charge in [-0.15, -0.1) is 0 Å². The van der Waals surface area contributed by atoms with Crippen LogP contribution in [0.3, 0.4) is 0 Å². The molecule has 2 N–H and O–H groups in total. The van der Waals surface area contributed by atoms with Gasteiger partial charge in [-0.25, -0.2) is 4.39 Å². The summed E-state index contributed by atoms with van der Waals surface area (Å²) in [5, 5.41) is 4.80. The van der Waals surface area contributed by atoms with Crippen LogP contribution in [-0.2, 0) is 19.9 Å². The van der Waals surface area contributed by atoms with Crippen molar-refractivity contribution in [2.24, 2.45) is 13.0 Å². The molecule has 1 saturated heterocycles. The maximum atomic E-state index is 13.8. The van der Waals surface area contributed by atoms with Gasteiger partial charge in [0.15, 0.2) is 0 Å². The molecule has 3 aromatic rings. The molecule has 2 heterocycles. The van der Waals surface area contributed by atoms with E-state index in [1.165, 1.54) is 17.7 Å². The molecule has 1 unspecified atom stereocenters. The average Bonchev–Trinajstić information content (AvgIpc) is 3.20. The van der Waals surface area contributed by atoms with Gasteiger partial charge in [-0.2, -0.15) is 5.10 Å². The van der Waals surface area contributed by atoms with E-state index >= 15 is 0 Å². The van der Waals surface area contributed by atoms with Crippen LogP contribution in [0.2, 0.25) is 0 Å². The van der Waals surface area contributed by atoms with Gasteiger partial charge in [-0.1, -0.05) is 6.92 Å². The number of aryl methyl sites for hydroxylation is 2. The summed E-state index contributed by atoms with van der Waals surface area (Å²) in [7, 11) is 1.95. The van der Waals surface area contributed by atoms with Gasteiger partial charge in [0.1, 0.15) is 11.6 Å². The van der Waals surface area contributed by atoms with Crippen molar-refractivity contribution in [1.82, 2.24) is 14.7 Å². The molecule has 0 spiro atoms. The Morgan fingerprint density at radius 2 is 1.78 bits per heavy atom. The highest BCUT2D eigenvalue weighted by molar-refractivity contribution is 6.06. The average molecular weight is 491 g/mol. The topological polar surface area (TPSA) is 70.6 Å². The smallest absolute Gasteiger partial charge is 0.259 e. The Hall–Kier alpha value is -3.39. The van der Waals surface area contributed by atoms with Gasteiger partial charge in [0.2, 0.25) is 0 Å². The molecule has 190 valence electrons. The predicted octanol–water partition coefficient (Wildman–Crippen LogP) is 3.74. The van der Waals surface area contributed by atoms with Gasteiger partial charge < -0.3 is 10.6 Å². The normalized spacial score (nSPS) is 18.2. The molecule has 1 fully saturated rings. The number of carbonyl (C=O) groups is 1. The van der Waals surface area contributed by atoms with Crippen molar-refractivity contribution < 1.29 is 9.18 Å². The molecule has 5 rings (SSSR count). The summed E-state index contributed by atoms with van der Waals surface area (Å²) < 4.78 is 15.2. The van der Waals surface area contributed by atoms with Crippen LogP contribution < -0.4 is 15.5 Å². The first kappa shape index (κ1) is 24.3. The number of carbonyl (C=O) groups excluding carboxylic acids is 1. The fraction of sp³-hybridized carbons (Fsp3) is 0.429. The summed E-state index contributed by atoms with van der Waals surface area (Å²) in [5.41, 5.74) is 10.5. The second kappa shape index (κ2) is 10.3. The third-order valence-corrected chi connectivity index (χ3v) is 7.48. The number of nitrogens with two attached hydrogens (primary N) is 1. The number of aromatic nitrogens is 2. The lowest BCUT2D eigenvalue weighted by Gasteiger charge is -2.37. The number of piperazine rings is 1. The summed E-state index contributed by atoms with van der Waals surface area (Å²) in [6.07, 6.45) is 3.04. The van der Waals surface area contributed by atoms with Crippen LogP contribution in [0, 0.1) is 11.7 Å². The van der Waals surface area contributed by atoms with Gasteiger partial charge >= 0.3 is 0 Å². The Morgan fingerprint density at radius 1 is 1.08 bits per heavy atom. The van der Waals surface area contributed by atoms with Crippen LogP contribution in [0.5, 0.6) is 0 Å². The molecule has 2 aliphatic rings. The number of fused-ring (bicyclic) bond motifs is 1. The number of amides is 1. The number of anilines is 3. The highest BCUT2D eigenvalue weighted by atomic mass is 19.1. The quantitative estimate of drug-likeness (QED) is 0.533. The van der Waals surface area contributed by atoms with Gasteiger partial charge in [0.05, 0.1) is 5.69 Å². The molecule has 1 atom stereocenters. The molecule has 1 aromatic heterocycles. The minimum Gasteiger partial charge on any atom is -0.399 e. The van der Waals surface area contributed by atoms with Crippen LogP contribution in [0.25, 0.3) is 0 Å². The standard InChI is InChI=1S/C28H35FN6O/c1-20-3-12-26-25(19-20)27(32(2)31-26)35(28(36)21-4-8-23(30)9-5-21)18-15-33-13-16-34(17-14-33)24-10-6-22(29)7-11-24/h4-11,20H,3,12-19,30H2,1-2H3. The predicted molar refractivity (Wildman–Crippen MR) is 142 cm³/mol. The summed E-state index contributed by atoms with van der Waals surface area (Å²) in [6.45, 7) is 7.15. The van der Waals surface area contributed by atoms with E-state index in [9.17, 15) is 9.18 Å². The van der Waals surface area contributed by atoms with Crippen molar-refractivity contribution in [2.75, 3.05) is 54.8 Å². The largest absolute Gasteiger partial charge is 0.399 e. The zero-order chi connectivity index (χ0) is 25.2. The Balaban J connectivity index is 1.33. The maximum Gasteiger partial charge on any atom is 0.259 e. The zero-order valence-corrected chi connectivity index (χ0v) is 21.2. The molecule has 1 amide bonds. The molecule has 7 nitrogen and oxygen atoms in total. The van der Waals surface area contributed by atoms with Crippen LogP contribution in [0.1, 0.15) is 35.0 Å². The van der Waals surface area contributed by atoms with Crippen molar-refractivity contribution in [1.29, 1.82) is 0 Å². The number of halogens is 1. The minimum absolute atomic E-state index is 0.0241. The SMILES string of the molecule is CC1CCc2nn(C)c(N(CCN3CCN(c4ccc(F)cc4)CC3)C(=O)c3ccc(N)cc3)c2C1. The lowest BCUT2D eigenvalue weighted by molar-refractivity contribution is 0.0981. The number of hydrogen-bond donors (Lipinski definition) is 1. The molecule has 1 aliphatic carbocycles. The Labute approximate surface area is 212 Å². The molecular weight excluding hydrogens is 455 g/mol. The molecule has 8 heteroatoms. The van der Waals surface area contributed by atoms with Crippen LogP contribution in [-0.4, -0.2) is 59.9 Å². The van der Waals surface area contributed by atoms with E-state index in [1.54, 1.807) is 24.3 Å². The van der Waals surface area contributed by atoms with E-state index in [0.717, 1.165) is 69.2 Å². The van der Waals surface area contributed by atoms with Crippen molar-refractivity contribution in [3.05, 3.63) is 71.2 Å². The first-order valence-electron chi connectivity index (χ1n) is 12.8. The van der Waals surface area contributed by atoms with E-state index in [1.807, 2.05) is 28.8 Å². The van der Waals surface area contributed by atoms with Gasteiger partial charge in [0.25, 0.3) is 5.91 Å². The van der Waals surface area contributed by atoms with Gasteiger partial charge in [-0.05, 0) is 73.7 Å². The van der Waals surface area contributed by atoms with Crippen molar-refractivity contribution >= 4 is 23.1 Å². The summed E-state index contributed by atoms with van der Waals surface area (Å²) in [5.74, 6) is 1.26. The number of benzene rings is 2. The Bertz CT molecular complexity index is 1200.